The molecule has 0 aromatic heterocycles. The van der Waals surface area contributed by atoms with Crippen LogP contribution in [0.25, 0.3) is 4.72 Å². The zero-order valence-electron chi connectivity index (χ0n) is 11.2. The predicted molar refractivity (Wildman–Crippen MR) is 77.5 cm³/mol. The first-order chi connectivity index (χ1) is 9.98. The van der Waals surface area contributed by atoms with Crippen molar-refractivity contribution in [1.82, 2.24) is 0 Å². The summed E-state index contributed by atoms with van der Waals surface area (Å²) < 4.78 is 45.2. The highest BCUT2D eigenvalue weighted by atomic mass is 32.2. The van der Waals surface area contributed by atoms with Crippen molar-refractivity contribution in [1.29, 1.82) is 0 Å². The van der Waals surface area contributed by atoms with Crippen LogP contribution >= 0.6 is 0 Å². The monoisotopic (exact) mass is 310 g/mol. The first-order valence-corrected chi connectivity index (χ1v) is 7.88. The average molecular weight is 310 g/mol. The zero-order chi connectivity index (χ0) is 15.3. The van der Waals surface area contributed by atoms with Gasteiger partial charge in [-0.15, -0.1) is 5.69 Å². The standard InChI is InChI=1S/C14H14FN2O3S/c15-11-2-1-3-14(10-11)20-13-6-4-12(5-7-13)17-21(18,19)9-8-16/h1-7,10H,8-9,16H2/q-1/p+1. The van der Waals surface area contributed by atoms with Crippen molar-refractivity contribution in [3.63, 3.8) is 0 Å². The molecule has 0 atom stereocenters. The molecule has 0 radical (unpaired) electrons. The Morgan fingerprint density at radius 2 is 1.81 bits per heavy atom. The molecule has 3 N–H and O–H groups in total. The molecular formula is C14H15FN2O3S. The molecule has 0 bridgehead atoms. The molecule has 2 aromatic carbocycles. The van der Waals surface area contributed by atoms with Gasteiger partial charge in [0.15, 0.2) is 0 Å². The summed E-state index contributed by atoms with van der Waals surface area (Å²) in [5, 5.41) is 0. The van der Waals surface area contributed by atoms with Gasteiger partial charge in [0.25, 0.3) is 0 Å². The number of benzene rings is 2. The van der Waals surface area contributed by atoms with Gasteiger partial charge in [0.2, 0.25) is 0 Å². The molecule has 0 saturated heterocycles. The average Bonchev–Trinajstić information content (AvgIpc) is 2.40. The fraction of sp³-hybridized carbons (Fsp3) is 0.143. The minimum absolute atomic E-state index is 0.0887. The smallest absolute Gasteiger partial charge is 0.130 e. The molecule has 0 unspecified atom stereocenters. The molecule has 5 nitrogen and oxygen atoms in total. The van der Waals surface area contributed by atoms with Gasteiger partial charge in [-0.3, -0.25) is 0 Å². The third-order valence-corrected chi connectivity index (χ3v) is 3.81. The SMILES string of the molecule is [NH3+]CCS(=O)(=O)[N-]c1ccc(Oc2cccc(F)c2)cc1. The summed E-state index contributed by atoms with van der Waals surface area (Å²) in [6.45, 7) is 0.270. The molecule has 2 rings (SSSR count). The van der Waals surface area contributed by atoms with E-state index < -0.39 is 15.8 Å². The predicted octanol–water partition coefficient (Wildman–Crippen LogP) is 2.19. The molecule has 2 aromatic rings. The molecule has 0 aliphatic rings. The lowest BCUT2D eigenvalue weighted by Gasteiger charge is -2.20. The first kappa shape index (κ1) is 15.3. The Hall–Kier alpha value is -2.12. The van der Waals surface area contributed by atoms with Crippen LogP contribution in [0.2, 0.25) is 0 Å². The first-order valence-electron chi connectivity index (χ1n) is 6.27. The van der Waals surface area contributed by atoms with Gasteiger partial charge in [0, 0.05) is 6.07 Å². The molecule has 0 aliphatic heterocycles. The summed E-state index contributed by atoms with van der Waals surface area (Å²) in [6.07, 6.45) is 0. The molecule has 21 heavy (non-hydrogen) atoms. The van der Waals surface area contributed by atoms with Gasteiger partial charge in [-0.2, -0.15) is 0 Å². The molecule has 0 fully saturated rings. The van der Waals surface area contributed by atoms with E-state index in [4.69, 9.17) is 4.74 Å². The van der Waals surface area contributed by atoms with Crippen molar-refractivity contribution >= 4 is 15.7 Å². The van der Waals surface area contributed by atoms with Gasteiger partial charge in [-0.25, -0.2) is 12.8 Å². The van der Waals surface area contributed by atoms with E-state index in [9.17, 15) is 12.8 Å². The zero-order valence-corrected chi connectivity index (χ0v) is 12.0. The van der Waals surface area contributed by atoms with Crippen LogP contribution in [0.1, 0.15) is 0 Å². The summed E-state index contributed by atoms with van der Waals surface area (Å²) in [6, 6.07) is 11.9. The van der Waals surface area contributed by atoms with E-state index in [1.807, 2.05) is 0 Å². The van der Waals surface area contributed by atoms with Crippen molar-refractivity contribution in [2.24, 2.45) is 0 Å². The van der Waals surface area contributed by atoms with E-state index in [1.54, 1.807) is 24.3 Å². The Bertz CT molecular complexity index is 702. The van der Waals surface area contributed by atoms with Gasteiger partial charge in [0.05, 0.1) is 22.3 Å². The molecule has 7 heteroatoms. The van der Waals surface area contributed by atoms with Gasteiger partial charge >= 0.3 is 0 Å². The largest absolute Gasteiger partial charge is 0.577 e. The van der Waals surface area contributed by atoms with Crippen molar-refractivity contribution in [2.75, 3.05) is 12.3 Å². The minimum atomic E-state index is -3.49. The Kier molecular flexibility index (Phi) is 4.77. The van der Waals surface area contributed by atoms with Gasteiger partial charge < -0.3 is 15.2 Å². The van der Waals surface area contributed by atoms with Crippen LogP contribution in [0, 0.1) is 5.82 Å². The summed E-state index contributed by atoms with van der Waals surface area (Å²) >= 11 is 0. The lowest BCUT2D eigenvalue weighted by Crippen LogP contribution is -2.52. The van der Waals surface area contributed by atoms with Crippen molar-refractivity contribution in [3.8, 4) is 11.5 Å². The van der Waals surface area contributed by atoms with Crippen LogP contribution in [0.5, 0.6) is 11.5 Å². The molecule has 0 heterocycles. The second kappa shape index (κ2) is 6.55. The molecule has 0 saturated carbocycles. The molecule has 0 spiro atoms. The second-order valence-electron chi connectivity index (χ2n) is 4.28. The normalized spacial score (nSPS) is 11.1. The van der Waals surface area contributed by atoms with Crippen LogP contribution in [0.15, 0.2) is 48.5 Å². The number of quaternary nitrogens is 1. The van der Waals surface area contributed by atoms with E-state index in [2.05, 4.69) is 10.5 Å². The van der Waals surface area contributed by atoms with Crippen LogP contribution < -0.4 is 10.5 Å². The number of nitrogens with zero attached hydrogens (tertiary/aromatic N) is 1. The third-order valence-electron chi connectivity index (χ3n) is 2.52. The number of hydrogen-bond donors (Lipinski definition) is 1. The van der Waals surface area contributed by atoms with E-state index in [-0.39, 0.29) is 12.3 Å². The highest BCUT2D eigenvalue weighted by Crippen LogP contribution is 2.28. The Morgan fingerprint density at radius 3 is 2.43 bits per heavy atom. The molecule has 0 amide bonds. The molecular weight excluding hydrogens is 295 g/mol. The van der Waals surface area contributed by atoms with Crippen molar-refractivity contribution < 1.29 is 23.3 Å². The second-order valence-corrected chi connectivity index (χ2v) is 6.04. The fourth-order valence-corrected chi connectivity index (χ4v) is 2.53. The van der Waals surface area contributed by atoms with Gasteiger partial charge in [0.1, 0.15) is 17.3 Å². The van der Waals surface area contributed by atoms with Gasteiger partial charge in [-0.05, 0) is 24.3 Å². The van der Waals surface area contributed by atoms with Crippen LogP contribution in [-0.4, -0.2) is 20.7 Å². The highest BCUT2D eigenvalue weighted by molar-refractivity contribution is 7.94. The van der Waals surface area contributed by atoms with Crippen molar-refractivity contribution in [2.45, 2.75) is 0 Å². The third kappa shape index (κ3) is 4.73. The quantitative estimate of drug-likeness (QED) is 0.887. The maximum Gasteiger partial charge on any atom is 0.130 e. The fourth-order valence-electron chi connectivity index (χ4n) is 1.63. The lowest BCUT2D eigenvalue weighted by molar-refractivity contribution is -0.360. The Balaban J connectivity index is 2.05. The maximum absolute atomic E-state index is 13.0. The number of sulfonamides is 1. The molecule has 112 valence electrons. The Labute approximate surface area is 122 Å². The van der Waals surface area contributed by atoms with Crippen LogP contribution in [-0.2, 0) is 10.0 Å². The number of rotatable bonds is 6. The highest BCUT2D eigenvalue weighted by Gasteiger charge is 2.01. The number of halogens is 1. The summed E-state index contributed by atoms with van der Waals surface area (Å²) in [5.41, 5.74) is 3.81. The van der Waals surface area contributed by atoms with Crippen LogP contribution in [0.4, 0.5) is 10.1 Å². The van der Waals surface area contributed by atoms with E-state index in [1.165, 1.54) is 24.3 Å². The van der Waals surface area contributed by atoms with E-state index in [0.717, 1.165) is 0 Å². The number of hydrogen-bond acceptors (Lipinski definition) is 3. The van der Waals surface area contributed by atoms with Crippen molar-refractivity contribution in [3.05, 3.63) is 59.1 Å². The summed E-state index contributed by atoms with van der Waals surface area (Å²) in [4.78, 5) is 0. The van der Waals surface area contributed by atoms with E-state index in [0.29, 0.717) is 17.2 Å². The van der Waals surface area contributed by atoms with Gasteiger partial charge in [-0.1, -0.05) is 18.2 Å². The van der Waals surface area contributed by atoms with Crippen LogP contribution in [0.3, 0.4) is 0 Å². The maximum atomic E-state index is 13.0. The lowest BCUT2D eigenvalue weighted by atomic mass is 10.3. The molecule has 0 aliphatic carbocycles. The number of ether oxygens (including phenoxy) is 1. The Morgan fingerprint density at radius 1 is 1.10 bits per heavy atom. The summed E-state index contributed by atoms with van der Waals surface area (Å²) in [5.74, 6) is 0.353. The van der Waals surface area contributed by atoms with E-state index >= 15 is 0 Å². The summed E-state index contributed by atoms with van der Waals surface area (Å²) in [7, 11) is -3.49. The minimum Gasteiger partial charge on any atom is -0.577 e. The topological polar surface area (TPSA) is 85.1 Å².